The number of nitrogens with one attached hydrogen (secondary N) is 1. The van der Waals surface area contributed by atoms with Gasteiger partial charge in [-0.25, -0.2) is 8.78 Å². The first-order valence-electron chi connectivity index (χ1n) is 8.05. The molecule has 0 spiro atoms. The first-order chi connectivity index (χ1) is 10.2. The minimum absolute atomic E-state index is 0.0157. The van der Waals surface area contributed by atoms with Gasteiger partial charge >= 0.3 is 0 Å². The van der Waals surface area contributed by atoms with E-state index in [-0.39, 0.29) is 12.1 Å². The van der Waals surface area contributed by atoms with E-state index in [2.05, 4.69) is 12.2 Å². The third-order valence-corrected chi connectivity index (χ3v) is 3.98. The van der Waals surface area contributed by atoms with Crippen molar-refractivity contribution < 1.29 is 13.5 Å². The summed E-state index contributed by atoms with van der Waals surface area (Å²) in [7, 11) is 0. The summed E-state index contributed by atoms with van der Waals surface area (Å²) in [6, 6.07) is 3.66. The van der Waals surface area contributed by atoms with Gasteiger partial charge in [-0.1, -0.05) is 26.2 Å². The number of ether oxygens (including phenoxy) is 1. The van der Waals surface area contributed by atoms with E-state index in [9.17, 15) is 8.78 Å². The Bertz CT molecular complexity index is 417. The van der Waals surface area contributed by atoms with Crippen molar-refractivity contribution in [2.75, 3.05) is 6.54 Å². The molecule has 1 saturated carbocycles. The quantitative estimate of drug-likeness (QED) is 0.868. The number of rotatable bonds is 5. The minimum Gasteiger partial charge on any atom is -0.489 e. The molecule has 2 atom stereocenters. The molecule has 0 saturated heterocycles. The fourth-order valence-corrected chi connectivity index (χ4v) is 2.93. The monoisotopic (exact) mass is 297 g/mol. The molecule has 2 unspecified atom stereocenters. The molecule has 1 aliphatic carbocycles. The summed E-state index contributed by atoms with van der Waals surface area (Å²) in [5, 5.41) is 3.53. The Morgan fingerprint density at radius 2 is 1.71 bits per heavy atom. The van der Waals surface area contributed by atoms with Crippen LogP contribution in [-0.2, 0) is 0 Å². The van der Waals surface area contributed by atoms with Crippen LogP contribution in [-0.4, -0.2) is 18.7 Å². The van der Waals surface area contributed by atoms with Crippen LogP contribution in [0, 0.1) is 11.6 Å². The van der Waals surface area contributed by atoms with Crippen molar-refractivity contribution in [2.24, 2.45) is 0 Å². The zero-order valence-corrected chi connectivity index (χ0v) is 12.7. The Hall–Kier alpha value is -1.16. The third kappa shape index (κ3) is 5.27. The van der Waals surface area contributed by atoms with Gasteiger partial charge in [0.15, 0.2) is 0 Å². The van der Waals surface area contributed by atoms with Crippen molar-refractivity contribution in [3.63, 3.8) is 0 Å². The highest BCUT2D eigenvalue weighted by molar-refractivity contribution is 5.24. The molecule has 0 heterocycles. The highest BCUT2D eigenvalue weighted by atomic mass is 19.1. The second-order valence-corrected chi connectivity index (χ2v) is 5.81. The van der Waals surface area contributed by atoms with Gasteiger partial charge in [0, 0.05) is 24.2 Å². The van der Waals surface area contributed by atoms with Gasteiger partial charge in [0.25, 0.3) is 0 Å². The molecule has 0 aliphatic heterocycles. The Morgan fingerprint density at radius 1 is 1.05 bits per heavy atom. The molecule has 118 valence electrons. The van der Waals surface area contributed by atoms with E-state index in [1.807, 2.05) is 0 Å². The minimum atomic E-state index is -0.589. The van der Waals surface area contributed by atoms with Crippen molar-refractivity contribution >= 4 is 0 Å². The highest BCUT2D eigenvalue weighted by Gasteiger charge is 2.24. The maximum Gasteiger partial charge on any atom is 0.129 e. The molecule has 2 rings (SSSR count). The maximum atomic E-state index is 13.3. The van der Waals surface area contributed by atoms with Crippen LogP contribution < -0.4 is 10.1 Å². The summed E-state index contributed by atoms with van der Waals surface area (Å²) in [6.07, 6.45) is 7.78. The van der Waals surface area contributed by atoms with Gasteiger partial charge in [-0.3, -0.25) is 0 Å². The Balaban J connectivity index is 2.06. The average Bonchev–Trinajstić information content (AvgIpc) is 2.40. The maximum absolute atomic E-state index is 13.3. The van der Waals surface area contributed by atoms with Crippen LogP contribution in [0.15, 0.2) is 18.2 Å². The van der Waals surface area contributed by atoms with E-state index in [0.717, 1.165) is 38.3 Å². The Labute approximate surface area is 125 Å². The highest BCUT2D eigenvalue weighted by Crippen LogP contribution is 2.24. The number of hydrogen-bond acceptors (Lipinski definition) is 2. The summed E-state index contributed by atoms with van der Waals surface area (Å²) in [5.41, 5.74) is 0. The lowest BCUT2D eigenvalue weighted by Gasteiger charge is -2.30. The molecular formula is C17H25F2NO. The van der Waals surface area contributed by atoms with Crippen molar-refractivity contribution in [1.82, 2.24) is 5.32 Å². The summed E-state index contributed by atoms with van der Waals surface area (Å²) in [4.78, 5) is 0. The lowest BCUT2D eigenvalue weighted by atomic mass is 9.94. The molecule has 21 heavy (non-hydrogen) atoms. The predicted molar refractivity (Wildman–Crippen MR) is 80.6 cm³/mol. The molecule has 0 bridgehead atoms. The zero-order chi connectivity index (χ0) is 15.1. The second kappa shape index (κ2) is 8.32. The van der Waals surface area contributed by atoms with Gasteiger partial charge in [0.05, 0.1) is 0 Å². The van der Waals surface area contributed by atoms with Crippen LogP contribution in [0.4, 0.5) is 8.78 Å². The average molecular weight is 297 g/mol. The van der Waals surface area contributed by atoms with Crippen LogP contribution in [0.25, 0.3) is 0 Å². The van der Waals surface area contributed by atoms with Gasteiger partial charge < -0.3 is 10.1 Å². The van der Waals surface area contributed by atoms with Gasteiger partial charge in [0.2, 0.25) is 0 Å². The van der Waals surface area contributed by atoms with Crippen LogP contribution in [0.5, 0.6) is 5.75 Å². The van der Waals surface area contributed by atoms with Crippen LogP contribution in [0.2, 0.25) is 0 Å². The number of benzene rings is 1. The number of hydrogen-bond donors (Lipinski definition) is 1. The van der Waals surface area contributed by atoms with Crippen molar-refractivity contribution in [1.29, 1.82) is 0 Å². The molecule has 1 fully saturated rings. The standard InChI is InChI=1S/C17H25F2NO/c1-2-9-20-16-7-5-3-4-6-8-17(16)21-15-11-13(18)10-14(19)12-15/h10-12,16-17,20H,2-9H2,1H3. The SMILES string of the molecule is CCCNC1CCCCCCC1Oc1cc(F)cc(F)c1. The van der Waals surface area contributed by atoms with Gasteiger partial charge in [-0.15, -0.1) is 0 Å². The predicted octanol–water partition coefficient (Wildman–Crippen LogP) is 4.43. The van der Waals surface area contributed by atoms with Crippen LogP contribution in [0.3, 0.4) is 0 Å². The molecule has 1 aromatic carbocycles. The van der Waals surface area contributed by atoms with Crippen molar-refractivity contribution in [3.05, 3.63) is 29.8 Å². The van der Waals surface area contributed by atoms with E-state index in [1.54, 1.807) is 0 Å². The first kappa shape index (κ1) is 16.2. The van der Waals surface area contributed by atoms with Crippen molar-refractivity contribution in [2.45, 2.75) is 64.0 Å². The summed E-state index contributed by atoms with van der Waals surface area (Å²) < 4.78 is 32.5. The zero-order valence-electron chi connectivity index (χ0n) is 12.7. The molecule has 4 heteroatoms. The molecule has 0 aromatic heterocycles. The largest absolute Gasteiger partial charge is 0.489 e. The lowest BCUT2D eigenvalue weighted by molar-refractivity contribution is 0.126. The summed E-state index contributed by atoms with van der Waals surface area (Å²) in [5.74, 6) is -0.885. The van der Waals surface area contributed by atoms with E-state index < -0.39 is 11.6 Å². The first-order valence-corrected chi connectivity index (χ1v) is 8.05. The van der Waals surface area contributed by atoms with E-state index in [0.29, 0.717) is 5.75 Å². The third-order valence-electron chi connectivity index (χ3n) is 3.98. The smallest absolute Gasteiger partial charge is 0.129 e. The number of halogens is 2. The van der Waals surface area contributed by atoms with Crippen molar-refractivity contribution in [3.8, 4) is 5.75 Å². The second-order valence-electron chi connectivity index (χ2n) is 5.81. The fourth-order valence-electron chi connectivity index (χ4n) is 2.93. The van der Waals surface area contributed by atoms with E-state index >= 15 is 0 Å². The molecule has 1 aromatic rings. The molecule has 1 aliphatic rings. The molecular weight excluding hydrogens is 272 g/mol. The Morgan fingerprint density at radius 3 is 2.38 bits per heavy atom. The summed E-state index contributed by atoms with van der Waals surface area (Å²) >= 11 is 0. The van der Waals surface area contributed by atoms with Crippen LogP contribution in [0.1, 0.15) is 51.9 Å². The van der Waals surface area contributed by atoms with Gasteiger partial charge in [-0.2, -0.15) is 0 Å². The Kier molecular flexibility index (Phi) is 6.43. The molecule has 2 nitrogen and oxygen atoms in total. The lowest BCUT2D eigenvalue weighted by Crippen LogP contribution is -2.44. The molecule has 0 amide bonds. The van der Waals surface area contributed by atoms with Gasteiger partial charge in [-0.05, 0) is 32.2 Å². The topological polar surface area (TPSA) is 21.3 Å². The molecule has 1 N–H and O–H groups in total. The van der Waals surface area contributed by atoms with Gasteiger partial charge in [0.1, 0.15) is 23.5 Å². The fraction of sp³-hybridized carbons (Fsp3) is 0.647. The van der Waals surface area contributed by atoms with Crippen LogP contribution >= 0.6 is 0 Å². The molecule has 0 radical (unpaired) electrons. The normalized spacial score (nSPS) is 23.4. The summed E-state index contributed by atoms with van der Waals surface area (Å²) in [6.45, 7) is 3.08. The van der Waals surface area contributed by atoms with E-state index in [4.69, 9.17) is 4.74 Å². The van der Waals surface area contributed by atoms with E-state index in [1.165, 1.54) is 31.4 Å².